The molecule has 2 aliphatic heterocycles. The van der Waals surface area contributed by atoms with Crippen molar-refractivity contribution in [2.24, 2.45) is 0 Å². The van der Waals surface area contributed by atoms with E-state index in [0.717, 1.165) is 32.0 Å². The molecule has 1 amide bonds. The lowest BCUT2D eigenvalue weighted by atomic mass is 10.2. The molecule has 144 valence electrons. The van der Waals surface area contributed by atoms with Crippen molar-refractivity contribution in [3.63, 3.8) is 0 Å². The SMILES string of the molecule is O=C(C[NH+]1CCCCCC1)N1CCN(S(=O)(=O)c2ccccc2F)CC1. The molecule has 6 nitrogen and oxygen atoms in total. The lowest BCUT2D eigenvalue weighted by Crippen LogP contribution is -3.13. The molecule has 1 aromatic carbocycles. The highest BCUT2D eigenvalue weighted by molar-refractivity contribution is 7.89. The van der Waals surface area contributed by atoms with Gasteiger partial charge in [0.2, 0.25) is 10.0 Å². The number of quaternary nitrogens is 1. The number of carbonyl (C=O) groups is 1. The Labute approximate surface area is 154 Å². The van der Waals surface area contributed by atoms with Crippen LogP contribution in [0.5, 0.6) is 0 Å². The third-order valence-corrected chi connectivity index (χ3v) is 7.19. The Morgan fingerprint density at radius 3 is 2.23 bits per heavy atom. The van der Waals surface area contributed by atoms with E-state index in [9.17, 15) is 17.6 Å². The third kappa shape index (κ3) is 4.42. The van der Waals surface area contributed by atoms with E-state index in [1.54, 1.807) is 4.90 Å². The zero-order chi connectivity index (χ0) is 18.6. The molecule has 26 heavy (non-hydrogen) atoms. The summed E-state index contributed by atoms with van der Waals surface area (Å²) < 4.78 is 40.4. The van der Waals surface area contributed by atoms with E-state index in [2.05, 4.69) is 0 Å². The number of rotatable bonds is 4. The van der Waals surface area contributed by atoms with Crippen LogP contribution in [0.3, 0.4) is 0 Å². The van der Waals surface area contributed by atoms with Crippen molar-refractivity contribution in [3.05, 3.63) is 30.1 Å². The summed E-state index contributed by atoms with van der Waals surface area (Å²) in [6.07, 6.45) is 4.81. The number of likely N-dealkylation sites (tertiary alicyclic amines) is 1. The second-order valence-electron chi connectivity index (χ2n) is 7.06. The monoisotopic (exact) mass is 384 g/mol. The number of sulfonamides is 1. The predicted molar refractivity (Wildman–Crippen MR) is 95.8 cm³/mol. The van der Waals surface area contributed by atoms with Gasteiger partial charge in [0.15, 0.2) is 6.54 Å². The second kappa shape index (κ2) is 8.45. The lowest BCUT2D eigenvalue weighted by Gasteiger charge is -2.34. The Balaban J connectivity index is 1.57. The van der Waals surface area contributed by atoms with E-state index in [0.29, 0.717) is 19.6 Å². The first-order chi connectivity index (χ1) is 12.5. The van der Waals surface area contributed by atoms with Crippen LogP contribution in [0.4, 0.5) is 4.39 Å². The van der Waals surface area contributed by atoms with Crippen LogP contribution < -0.4 is 4.90 Å². The summed E-state index contributed by atoms with van der Waals surface area (Å²) in [5.41, 5.74) is 0. The number of benzene rings is 1. The molecular formula is C18H27FN3O3S+. The van der Waals surface area contributed by atoms with Gasteiger partial charge in [0.25, 0.3) is 5.91 Å². The maximum absolute atomic E-state index is 13.9. The molecule has 0 bridgehead atoms. The standard InChI is InChI=1S/C18H26FN3O3S/c19-16-7-3-4-8-17(16)26(24,25)22-13-11-21(12-14-22)18(23)15-20-9-5-1-2-6-10-20/h3-4,7-8H,1-2,5-6,9-15H2/p+1. The van der Waals surface area contributed by atoms with Crippen LogP contribution in [0.2, 0.25) is 0 Å². The number of piperazine rings is 1. The van der Waals surface area contributed by atoms with Crippen LogP contribution in [-0.2, 0) is 14.8 Å². The number of carbonyl (C=O) groups excluding carboxylic acids is 1. The van der Waals surface area contributed by atoms with Crippen LogP contribution in [0.15, 0.2) is 29.2 Å². The number of halogens is 1. The van der Waals surface area contributed by atoms with E-state index >= 15 is 0 Å². The van der Waals surface area contributed by atoms with Crippen LogP contribution in [0, 0.1) is 5.82 Å². The van der Waals surface area contributed by atoms with Gasteiger partial charge in [-0.1, -0.05) is 12.1 Å². The summed E-state index contributed by atoms with van der Waals surface area (Å²) in [4.78, 5) is 15.3. The van der Waals surface area contributed by atoms with Crippen LogP contribution in [-0.4, -0.2) is 69.3 Å². The molecule has 0 aliphatic carbocycles. The van der Waals surface area contributed by atoms with Crippen molar-refractivity contribution in [1.29, 1.82) is 0 Å². The molecule has 2 saturated heterocycles. The van der Waals surface area contributed by atoms with E-state index in [1.807, 2.05) is 0 Å². The first-order valence-electron chi connectivity index (χ1n) is 9.34. The minimum atomic E-state index is -3.86. The summed E-state index contributed by atoms with van der Waals surface area (Å²) in [6.45, 7) is 3.69. The molecule has 0 atom stereocenters. The topological polar surface area (TPSA) is 62.1 Å². The normalized spacial score (nSPS) is 20.7. The van der Waals surface area contributed by atoms with Gasteiger partial charge in [0.1, 0.15) is 10.7 Å². The molecule has 0 spiro atoms. The van der Waals surface area contributed by atoms with Gasteiger partial charge in [0, 0.05) is 26.2 Å². The maximum Gasteiger partial charge on any atom is 0.277 e. The Morgan fingerprint density at radius 2 is 1.62 bits per heavy atom. The van der Waals surface area contributed by atoms with Crippen LogP contribution >= 0.6 is 0 Å². The summed E-state index contributed by atoms with van der Waals surface area (Å²) in [5, 5.41) is 0. The molecule has 0 saturated carbocycles. The number of amides is 1. The van der Waals surface area contributed by atoms with Gasteiger partial charge in [-0.2, -0.15) is 4.31 Å². The van der Waals surface area contributed by atoms with Crippen molar-refractivity contribution in [3.8, 4) is 0 Å². The zero-order valence-electron chi connectivity index (χ0n) is 15.0. The largest absolute Gasteiger partial charge is 0.335 e. The number of hydrogen-bond donors (Lipinski definition) is 1. The van der Waals surface area contributed by atoms with Gasteiger partial charge >= 0.3 is 0 Å². The van der Waals surface area contributed by atoms with Gasteiger partial charge < -0.3 is 9.80 Å². The Kier molecular flexibility index (Phi) is 6.26. The smallest absolute Gasteiger partial charge is 0.277 e. The molecule has 2 heterocycles. The molecule has 8 heteroatoms. The van der Waals surface area contributed by atoms with Gasteiger partial charge in [0.05, 0.1) is 13.1 Å². The molecule has 2 aliphatic rings. The molecule has 1 aromatic rings. The van der Waals surface area contributed by atoms with E-state index in [4.69, 9.17) is 0 Å². The average Bonchev–Trinajstić information content (AvgIpc) is 2.90. The van der Waals surface area contributed by atoms with E-state index in [1.165, 1.54) is 40.2 Å². The average molecular weight is 384 g/mol. The second-order valence-corrected chi connectivity index (χ2v) is 8.96. The van der Waals surface area contributed by atoms with Gasteiger partial charge in [-0.3, -0.25) is 4.79 Å². The molecular weight excluding hydrogens is 357 g/mol. The highest BCUT2D eigenvalue weighted by atomic mass is 32.2. The summed E-state index contributed by atoms with van der Waals surface area (Å²) >= 11 is 0. The summed E-state index contributed by atoms with van der Waals surface area (Å²) in [5.74, 6) is -0.652. The fraction of sp³-hybridized carbons (Fsp3) is 0.611. The number of nitrogens with zero attached hydrogens (tertiary/aromatic N) is 2. The quantitative estimate of drug-likeness (QED) is 0.802. The first-order valence-corrected chi connectivity index (χ1v) is 10.8. The van der Waals surface area contributed by atoms with Crippen LogP contribution in [0.1, 0.15) is 25.7 Å². The lowest BCUT2D eigenvalue weighted by molar-refractivity contribution is -0.891. The third-order valence-electron chi connectivity index (χ3n) is 5.26. The van der Waals surface area contributed by atoms with Crippen molar-refractivity contribution in [2.45, 2.75) is 30.6 Å². The van der Waals surface area contributed by atoms with E-state index < -0.39 is 15.8 Å². The van der Waals surface area contributed by atoms with E-state index in [-0.39, 0.29) is 23.9 Å². The minimum absolute atomic E-state index is 0.0878. The molecule has 0 unspecified atom stereocenters. The van der Waals surface area contributed by atoms with Gasteiger partial charge in [-0.15, -0.1) is 0 Å². The Bertz CT molecular complexity index is 725. The number of hydrogen-bond acceptors (Lipinski definition) is 3. The summed E-state index contributed by atoms with van der Waals surface area (Å²) in [7, 11) is -3.86. The highest BCUT2D eigenvalue weighted by Crippen LogP contribution is 2.20. The van der Waals surface area contributed by atoms with Crippen molar-refractivity contribution in [2.75, 3.05) is 45.8 Å². The highest BCUT2D eigenvalue weighted by Gasteiger charge is 2.32. The predicted octanol–water partition coefficient (Wildman–Crippen LogP) is 0.118. The molecule has 3 rings (SSSR count). The fourth-order valence-corrected chi connectivity index (χ4v) is 5.19. The molecule has 2 fully saturated rings. The van der Waals surface area contributed by atoms with Crippen molar-refractivity contribution in [1.82, 2.24) is 9.21 Å². The van der Waals surface area contributed by atoms with Crippen molar-refractivity contribution >= 4 is 15.9 Å². The Hall–Kier alpha value is -1.51. The molecule has 1 N–H and O–H groups in total. The maximum atomic E-state index is 13.9. The number of nitrogens with one attached hydrogen (secondary N) is 1. The first kappa shape index (κ1) is 19.3. The zero-order valence-corrected chi connectivity index (χ0v) is 15.8. The van der Waals surface area contributed by atoms with Crippen molar-refractivity contribution < 1.29 is 22.5 Å². The van der Waals surface area contributed by atoms with Gasteiger partial charge in [-0.05, 0) is 37.8 Å². The summed E-state index contributed by atoms with van der Waals surface area (Å²) in [6, 6.07) is 5.41. The fourth-order valence-electron chi connectivity index (χ4n) is 3.70. The van der Waals surface area contributed by atoms with Gasteiger partial charge in [-0.25, -0.2) is 12.8 Å². The minimum Gasteiger partial charge on any atom is -0.335 e. The van der Waals surface area contributed by atoms with Crippen LogP contribution in [0.25, 0.3) is 0 Å². The molecule has 0 aromatic heterocycles. The molecule has 0 radical (unpaired) electrons. The Morgan fingerprint density at radius 1 is 1.00 bits per heavy atom.